The molecule has 10 aromatic rings. The van der Waals surface area contributed by atoms with E-state index in [0.29, 0.717) is 0 Å². The topological polar surface area (TPSA) is 8.17 Å². The highest BCUT2D eigenvalue weighted by molar-refractivity contribution is 6.09. The first kappa shape index (κ1) is 34.6. The number of hydrogen-bond acceptors (Lipinski definition) is 1. The van der Waals surface area contributed by atoms with E-state index in [1.807, 2.05) is 0 Å². The van der Waals surface area contributed by atoms with Crippen molar-refractivity contribution in [2.24, 2.45) is 0 Å². The minimum absolute atomic E-state index is 0.147. The molecule has 2 nitrogen and oxygen atoms in total. The first-order valence-electron chi connectivity index (χ1n) is 21.0. The van der Waals surface area contributed by atoms with Crippen LogP contribution in [0.2, 0.25) is 0 Å². The number of para-hydroxylation sites is 3. The highest BCUT2D eigenvalue weighted by Crippen LogP contribution is 2.64. The average molecular weight is 767 g/mol. The van der Waals surface area contributed by atoms with Crippen LogP contribution in [-0.2, 0) is 10.8 Å². The Morgan fingerprint density at radius 1 is 0.383 bits per heavy atom. The maximum atomic E-state index is 2.47. The molecular formula is C58H42N2. The lowest BCUT2D eigenvalue weighted by Gasteiger charge is -2.46. The van der Waals surface area contributed by atoms with Crippen LogP contribution in [0.1, 0.15) is 47.2 Å². The smallest absolute Gasteiger partial charge is 0.0720 e. The van der Waals surface area contributed by atoms with E-state index in [9.17, 15) is 0 Å². The minimum Gasteiger partial charge on any atom is -0.310 e. The summed E-state index contributed by atoms with van der Waals surface area (Å²) in [6, 6.07) is 80.9. The van der Waals surface area contributed by atoms with Crippen LogP contribution in [0.15, 0.2) is 218 Å². The number of hydrogen-bond donors (Lipinski definition) is 0. The fourth-order valence-electron chi connectivity index (χ4n) is 10.9. The first-order valence-corrected chi connectivity index (χ1v) is 21.0. The van der Waals surface area contributed by atoms with Crippen LogP contribution in [0.5, 0.6) is 0 Å². The molecule has 0 bridgehead atoms. The van der Waals surface area contributed by atoms with Crippen molar-refractivity contribution in [1.29, 1.82) is 0 Å². The van der Waals surface area contributed by atoms with E-state index in [2.05, 4.69) is 242 Å². The molecule has 60 heavy (non-hydrogen) atoms. The largest absolute Gasteiger partial charge is 0.310 e. The van der Waals surface area contributed by atoms with Crippen LogP contribution >= 0.6 is 0 Å². The van der Waals surface area contributed by atoms with Crippen molar-refractivity contribution in [3.8, 4) is 27.9 Å². The predicted octanol–water partition coefficient (Wildman–Crippen LogP) is 14.9. The molecule has 12 rings (SSSR count). The molecular weight excluding hydrogens is 725 g/mol. The molecule has 0 unspecified atom stereocenters. The molecule has 0 aliphatic heterocycles. The fourth-order valence-corrected chi connectivity index (χ4v) is 10.9. The molecule has 1 aromatic heterocycles. The monoisotopic (exact) mass is 766 g/mol. The summed E-state index contributed by atoms with van der Waals surface area (Å²) < 4.78 is 2.38. The van der Waals surface area contributed by atoms with Gasteiger partial charge in [-0.2, -0.15) is 0 Å². The van der Waals surface area contributed by atoms with Gasteiger partial charge in [0.1, 0.15) is 0 Å². The van der Waals surface area contributed by atoms with Crippen molar-refractivity contribution in [2.75, 3.05) is 4.90 Å². The van der Waals surface area contributed by atoms with E-state index >= 15 is 0 Å². The van der Waals surface area contributed by atoms with Crippen LogP contribution in [0.4, 0.5) is 17.1 Å². The standard InChI is InChI=1S/C58H42N2/c1-57(2)48-26-10-12-28-50(48)58(51-29-13-11-27-49(51)57)47-25-9-6-24-46(47)56-52(58)30-17-33-55(56)59(41-19-4-3-5-20-41)43-21-16-18-40(38-43)39-34-36-42(37-35-39)60-53-31-14-7-22-44(53)45-23-8-15-32-54(45)60/h3-38H,1-2H3. The molecule has 2 aliphatic carbocycles. The Labute approximate surface area is 351 Å². The molecule has 2 aliphatic rings. The Morgan fingerprint density at radius 3 is 1.57 bits per heavy atom. The molecule has 2 heteroatoms. The lowest BCUT2D eigenvalue weighted by Crippen LogP contribution is -2.40. The van der Waals surface area contributed by atoms with Crippen molar-refractivity contribution in [3.63, 3.8) is 0 Å². The van der Waals surface area contributed by atoms with Crippen molar-refractivity contribution < 1.29 is 0 Å². The van der Waals surface area contributed by atoms with Gasteiger partial charge in [-0.3, -0.25) is 0 Å². The van der Waals surface area contributed by atoms with Gasteiger partial charge >= 0.3 is 0 Å². The van der Waals surface area contributed by atoms with Gasteiger partial charge in [0.05, 0.1) is 22.1 Å². The maximum Gasteiger partial charge on any atom is 0.0720 e. The van der Waals surface area contributed by atoms with E-state index < -0.39 is 5.41 Å². The third-order valence-corrected chi connectivity index (χ3v) is 13.5. The lowest BCUT2D eigenvalue weighted by atomic mass is 9.55. The molecule has 0 N–H and O–H groups in total. The number of anilines is 3. The Hall–Kier alpha value is -7.42. The molecule has 1 spiro atoms. The van der Waals surface area contributed by atoms with Crippen molar-refractivity contribution in [1.82, 2.24) is 4.57 Å². The SMILES string of the molecule is CC1(C)c2ccccc2C2(c3ccccc3-c3c(N(c4ccccc4)c4cccc(-c5ccc(-n6c7ccccc7c7ccccc76)cc5)c4)cccc32)c2ccccc21. The number of benzene rings is 9. The normalized spacial score (nSPS) is 14.1. The minimum atomic E-state index is -0.465. The summed E-state index contributed by atoms with van der Waals surface area (Å²) in [5.74, 6) is 0. The molecule has 284 valence electrons. The van der Waals surface area contributed by atoms with Gasteiger partial charge in [-0.25, -0.2) is 0 Å². The van der Waals surface area contributed by atoms with Crippen LogP contribution in [0.3, 0.4) is 0 Å². The van der Waals surface area contributed by atoms with E-state index in [0.717, 1.165) is 17.1 Å². The van der Waals surface area contributed by atoms with Crippen LogP contribution in [0, 0.1) is 0 Å². The quantitative estimate of drug-likeness (QED) is 0.169. The third-order valence-electron chi connectivity index (χ3n) is 13.5. The highest BCUT2D eigenvalue weighted by Gasteiger charge is 2.53. The van der Waals surface area contributed by atoms with E-state index in [-0.39, 0.29) is 5.41 Å². The van der Waals surface area contributed by atoms with E-state index in [1.165, 1.54) is 83.1 Å². The zero-order valence-corrected chi connectivity index (χ0v) is 33.7. The van der Waals surface area contributed by atoms with Crippen LogP contribution in [-0.4, -0.2) is 4.57 Å². The predicted molar refractivity (Wildman–Crippen MR) is 250 cm³/mol. The van der Waals surface area contributed by atoms with Crippen molar-refractivity contribution >= 4 is 38.9 Å². The molecule has 0 fully saturated rings. The van der Waals surface area contributed by atoms with Gasteiger partial charge in [0.2, 0.25) is 0 Å². The van der Waals surface area contributed by atoms with E-state index in [4.69, 9.17) is 0 Å². The lowest BCUT2D eigenvalue weighted by molar-refractivity contribution is 0.563. The van der Waals surface area contributed by atoms with Crippen LogP contribution in [0.25, 0.3) is 49.7 Å². The average Bonchev–Trinajstić information content (AvgIpc) is 3.81. The number of rotatable bonds is 5. The Balaban J connectivity index is 1.04. The Morgan fingerprint density at radius 2 is 0.900 bits per heavy atom. The molecule has 0 amide bonds. The first-order chi connectivity index (χ1) is 29.5. The van der Waals surface area contributed by atoms with Crippen molar-refractivity contribution in [3.05, 3.63) is 252 Å². The fraction of sp³-hybridized carbons (Fsp3) is 0.0690. The number of fused-ring (bicyclic) bond motifs is 12. The molecule has 0 radical (unpaired) electrons. The maximum absolute atomic E-state index is 2.47. The summed E-state index contributed by atoms with van der Waals surface area (Å²) in [4.78, 5) is 2.47. The Bertz CT molecular complexity index is 3190. The number of aromatic nitrogens is 1. The molecule has 0 saturated carbocycles. The van der Waals surface area contributed by atoms with E-state index in [1.54, 1.807) is 0 Å². The summed E-state index contributed by atoms with van der Waals surface area (Å²) in [7, 11) is 0. The van der Waals surface area contributed by atoms with Gasteiger partial charge in [-0.15, -0.1) is 0 Å². The Kier molecular flexibility index (Phi) is 7.52. The summed E-state index contributed by atoms with van der Waals surface area (Å²) in [6.07, 6.45) is 0. The van der Waals surface area contributed by atoms with Gasteiger partial charge in [-0.1, -0.05) is 178 Å². The van der Waals surface area contributed by atoms with Gasteiger partial charge in [0.15, 0.2) is 0 Å². The zero-order chi connectivity index (χ0) is 40.0. The second kappa shape index (κ2) is 13.0. The summed E-state index contributed by atoms with van der Waals surface area (Å²) in [5.41, 5.74) is 19.5. The zero-order valence-electron chi connectivity index (χ0n) is 33.7. The summed E-state index contributed by atoms with van der Waals surface area (Å²) in [6.45, 7) is 4.77. The molecule has 9 aromatic carbocycles. The van der Waals surface area contributed by atoms with Gasteiger partial charge in [-0.05, 0) is 105 Å². The van der Waals surface area contributed by atoms with Gasteiger partial charge in [0, 0.05) is 38.8 Å². The third kappa shape index (κ3) is 4.76. The second-order valence-electron chi connectivity index (χ2n) is 16.8. The van der Waals surface area contributed by atoms with Crippen molar-refractivity contribution in [2.45, 2.75) is 24.7 Å². The van der Waals surface area contributed by atoms with Gasteiger partial charge < -0.3 is 9.47 Å². The molecule has 0 saturated heterocycles. The molecule has 1 heterocycles. The van der Waals surface area contributed by atoms with Crippen LogP contribution < -0.4 is 4.90 Å². The summed E-state index contributed by atoms with van der Waals surface area (Å²) in [5, 5.41) is 2.54. The number of nitrogens with zero attached hydrogens (tertiary/aromatic N) is 2. The second-order valence-corrected chi connectivity index (χ2v) is 16.8. The summed E-state index contributed by atoms with van der Waals surface area (Å²) >= 11 is 0. The highest BCUT2D eigenvalue weighted by atomic mass is 15.1. The molecule has 0 atom stereocenters. The van der Waals surface area contributed by atoms with Gasteiger partial charge in [0.25, 0.3) is 0 Å².